The number of hydrogen-bond donors (Lipinski definition) is 0. The van der Waals surface area contributed by atoms with E-state index >= 15 is 0 Å². The summed E-state index contributed by atoms with van der Waals surface area (Å²) in [6, 6.07) is 0. The summed E-state index contributed by atoms with van der Waals surface area (Å²) in [7, 11) is 0. The zero-order chi connectivity index (χ0) is 0. The van der Waals surface area contributed by atoms with Gasteiger partial charge in [0.2, 0.25) is 0 Å². The maximum atomic E-state index is 0. The molecule has 0 rings (SSSR count). The van der Waals surface area contributed by atoms with Crippen molar-refractivity contribution in [1.29, 1.82) is 0 Å². The van der Waals surface area contributed by atoms with Crippen molar-refractivity contribution in [2.45, 2.75) is 0 Å². The standard InChI is InChI=1S/Al.Sn.Ti.V.5H. The van der Waals surface area contributed by atoms with Crippen molar-refractivity contribution in [3.63, 3.8) is 0 Å². The van der Waals surface area contributed by atoms with Crippen molar-refractivity contribution in [3.8, 4) is 0 Å². The Morgan fingerprint density at radius 2 is 1.00 bits per heavy atom. The topological polar surface area (TPSA) is 0 Å². The summed E-state index contributed by atoms with van der Waals surface area (Å²) in [6.45, 7) is 0. The van der Waals surface area contributed by atoms with E-state index in [4.69, 9.17) is 0 Å². The molecule has 0 amide bonds. The Bertz CT molecular complexity index is 8.00. The number of hydrogen-bond acceptors (Lipinski definition) is 0. The van der Waals surface area contributed by atoms with Gasteiger partial charge in [-0.05, 0) is 0 Å². The molecule has 0 spiro atoms. The Morgan fingerprint density at radius 3 is 1.00 bits per heavy atom. The fraction of sp³-hybridized carbons (Fsp3) is 0. The van der Waals surface area contributed by atoms with Crippen LogP contribution in [0.15, 0.2) is 0 Å². The minimum Gasteiger partial charge on any atom is 0 e. The molecule has 0 aromatic carbocycles. The molecule has 0 aliphatic rings. The van der Waals surface area contributed by atoms with Gasteiger partial charge in [0.1, 0.15) is 0 Å². The molecule has 4 heteroatoms. The van der Waals surface area contributed by atoms with Crippen LogP contribution in [0.4, 0.5) is 0 Å². The second-order valence-electron chi connectivity index (χ2n) is 0. The van der Waals surface area contributed by atoms with Gasteiger partial charge in [-0.3, -0.25) is 0 Å². The first kappa shape index (κ1) is 30.4. The molecule has 0 N–H and O–H groups in total. The predicted octanol–water partition coefficient (Wildman–Crippen LogP) is -2.11. The second kappa shape index (κ2) is 17.4. The molecule has 0 nitrogen and oxygen atoms in total. The zero-order valence-corrected chi connectivity index (χ0v) is 8.65. The van der Waals surface area contributed by atoms with Gasteiger partial charge < -0.3 is 0 Å². The van der Waals surface area contributed by atoms with Crippen LogP contribution < -0.4 is 0 Å². The van der Waals surface area contributed by atoms with Crippen molar-refractivity contribution in [3.05, 3.63) is 0 Å². The largest absolute Gasteiger partial charge is 0 e. The normalized spacial score (nSPS) is 0. The van der Waals surface area contributed by atoms with Gasteiger partial charge in [-0.15, -0.1) is 0 Å². The first-order chi connectivity index (χ1) is 0. The maximum absolute atomic E-state index is 0. The van der Waals surface area contributed by atoms with Crippen LogP contribution in [0.2, 0.25) is 0 Å². The van der Waals surface area contributed by atoms with Crippen LogP contribution in [0.5, 0.6) is 0 Å². The summed E-state index contributed by atoms with van der Waals surface area (Å²) < 4.78 is 0. The molecular formula is H5AlSnTiV. The van der Waals surface area contributed by atoms with E-state index in [0.717, 1.165) is 0 Å². The van der Waals surface area contributed by atoms with Crippen LogP contribution in [0.3, 0.4) is 0 Å². The van der Waals surface area contributed by atoms with Crippen molar-refractivity contribution in [2.24, 2.45) is 0 Å². The quantitative estimate of drug-likeness (QED) is 0.431. The minimum absolute atomic E-state index is 0. The van der Waals surface area contributed by atoms with E-state index in [1.54, 1.807) is 0 Å². The molecule has 0 bridgehead atoms. The smallest absolute Gasteiger partial charge is 0 e. The third kappa shape index (κ3) is 8.82. The van der Waals surface area contributed by atoms with Gasteiger partial charge in [0.25, 0.3) is 0 Å². The average molecular weight is 250 g/mol. The first-order valence-corrected chi connectivity index (χ1v) is 0. The molecular weight excluding hydrogens is 245 g/mol. The van der Waals surface area contributed by atoms with E-state index in [1.165, 1.54) is 0 Å². The van der Waals surface area contributed by atoms with Crippen molar-refractivity contribution < 1.29 is 40.3 Å². The van der Waals surface area contributed by atoms with Crippen LogP contribution in [-0.2, 0) is 40.3 Å². The fourth-order valence-electron chi connectivity index (χ4n) is 0. The van der Waals surface area contributed by atoms with Gasteiger partial charge in [-0.1, -0.05) is 0 Å². The van der Waals surface area contributed by atoms with Crippen molar-refractivity contribution in [1.82, 2.24) is 0 Å². The summed E-state index contributed by atoms with van der Waals surface area (Å²) in [5.41, 5.74) is 0. The minimum atomic E-state index is 0. The molecule has 0 aliphatic heterocycles. The van der Waals surface area contributed by atoms with E-state index in [1.807, 2.05) is 0 Å². The summed E-state index contributed by atoms with van der Waals surface area (Å²) in [6.07, 6.45) is 0. The molecule has 0 aromatic rings. The maximum Gasteiger partial charge on any atom is 0 e. The summed E-state index contributed by atoms with van der Waals surface area (Å²) in [4.78, 5) is 0. The Labute approximate surface area is 80.3 Å². The summed E-state index contributed by atoms with van der Waals surface area (Å²) in [5, 5.41) is 0. The number of rotatable bonds is 0. The molecule has 0 atom stereocenters. The Balaban J connectivity index is 0. The molecule has 0 unspecified atom stereocenters. The van der Waals surface area contributed by atoms with Gasteiger partial charge in [-0.2, -0.15) is 0 Å². The molecule has 0 aliphatic carbocycles. The second-order valence-corrected chi connectivity index (χ2v) is 0. The Hall–Kier alpha value is 2.63. The van der Waals surface area contributed by atoms with E-state index < -0.39 is 0 Å². The Kier molecular flexibility index (Phi) is 133. The molecule has 0 fully saturated rings. The van der Waals surface area contributed by atoms with Gasteiger partial charge in [0.15, 0.2) is 17.4 Å². The third-order valence-corrected chi connectivity index (χ3v) is 0. The molecule has 21 valence electrons. The van der Waals surface area contributed by atoms with Gasteiger partial charge >= 0.3 is 23.9 Å². The summed E-state index contributed by atoms with van der Waals surface area (Å²) >= 11 is 0. The van der Waals surface area contributed by atoms with Gasteiger partial charge in [-0.25, -0.2) is 0 Å². The SMILES string of the molecule is [AlH3].[SnH2].[Ti].[V]. The molecule has 0 saturated heterocycles. The fourth-order valence-corrected chi connectivity index (χ4v) is 0. The molecule has 4 heavy (non-hydrogen) atoms. The van der Waals surface area contributed by atoms with E-state index in [2.05, 4.69) is 0 Å². The molecule has 3 radical (unpaired) electrons. The van der Waals surface area contributed by atoms with Crippen LogP contribution in [-0.4, -0.2) is 41.3 Å². The van der Waals surface area contributed by atoms with Crippen molar-refractivity contribution >= 4 is 41.3 Å². The van der Waals surface area contributed by atoms with Gasteiger partial charge in [0.05, 0.1) is 0 Å². The monoisotopic (exact) mass is 251 g/mol. The third-order valence-electron chi connectivity index (χ3n) is 0. The van der Waals surface area contributed by atoms with E-state index in [0.29, 0.717) is 0 Å². The Morgan fingerprint density at radius 1 is 1.00 bits per heavy atom. The van der Waals surface area contributed by atoms with E-state index in [-0.39, 0.29) is 81.5 Å². The van der Waals surface area contributed by atoms with Crippen LogP contribution >= 0.6 is 0 Å². The van der Waals surface area contributed by atoms with Crippen LogP contribution in [0, 0.1) is 0 Å². The van der Waals surface area contributed by atoms with Crippen LogP contribution in [0.1, 0.15) is 0 Å². The predicted molar refractivity (Wildman–Crippen MR) is 18.5 cm³/mol. The average Bonchev–Trinajstić information content (AvgIpc) is 0. The summed E-state index contributed by atoms with van der Waals surface area (Å²) in [5.74, 6) is 0. The first-order valence-electron chi connectivity index (χ1n) is 0. The zero-order valence-electron chi connectivity index (χ0n) is 1.65. The molecule has 0 heterocycles. The molecule has 0 saturated carbocycles. The van der Waals surface area contributed by atoms with E-state index in [9.17, 15) is 0 Å². The van der Waals surface area contributed by atoms with Crippen LogP contribution in [0.25, 0.3) is 0 Å². The van der Waals surface area contributed by atoms with Crippen molar-refractivity contribution in [2.75, 3.05) is 0 Å². The van der Waals surface area contributed by atoms with Gasteiger partial charge in [0, 0.05) is 40.3 Å². The molecule has 0 aromatic heterocycles.